The molecular formula is C12H20N4O2. The highest BCUT2D eigenvalue weighted by Gasteiger charge is 2.18. The normalized spacial score (nSPS) is 17.7. The molecule has 2 heterocycles. The van der Waals surface area contributed by atoms with Crippen LogP contribution in [0.2, 0.25) is 0 Å². The topological polar surface area (TPSA) is 70.2 Å². The van der Waals surface area contributed by atoms with E-state index in [0.29, 0.717) is 11.9 Å². The van der Waals surface area contributed by atoms with Crippen LogP contribution in [0.1, 0.15) is 19.8 Å². The maximum absolute atomic E-state index is 11.5. The summed E-state index contributed by atoms with van der Waals surface area (Å²) in [6.07, 6.45) is 3.93. The van der Waals surface area contributed by atoms with Crippen LogP contribution in [-0.4, -0.2) is 47.7 Å². The Morgan fingerprint density at radius 1 is 1.56 bits per heavy atom. The van der Waals surface area contributed by atoms with Crippen molar-refractivity contribution in [2.75, 3.05) is 32.1 Å². The van der Waals surface area contributed by atoms with Crippen molar-refractivity contribution in [1.29, 1.82) is 0 Å². The van der Waals surface area contributed by atoms with Gasteiger partial charge in [0.15, 0.2) is 5.82 Å². The largest absolute Gasteiger partial charge is 0.489 e. The van der Waals surface area contributed by atoms with Crippen LogP contribution in [0.25, 0.3) is 0 Å². The molecule has 0 spiro atoms. The van der Waals surface area contributed by atoms with Crippen LogP contribution < -0.4 is 15.6 Å². The summed E-state index contributed by atoms with van der Waals surface area (Å²) in [5, 5.41) is 3.18. The molecule has 1 aliphatic heterocycles. The Morgan fingerprint density at radius 3 is 2.94 bits per heavy atom. The van der Waals surface area contributed by atoms with Crippen LogP contribution in [-0.2, 0) is 0 Å². The summed E-state index contributed by atoms with van der Waals surface area (Å²) >= 11 is 0. The third-order valence-electron chi connectivity index (χ3n) is 3.34. The van der Waals surface area contributed by atoms with Crippen molar-refractivity contribution in [2.24, 2.45) is 0 Å². The minimum absolute atomic E-state index is 0.242. The van der Waals surface area contributed by atoms with Crippen LogP contribution in [0.15, 0.2) is 11.1 Å². The number of H-pyrrole nitrogens is 1. The first-order valence-electron chi connectivity index (χ1n) is 6.32. The Balaban J connectivity index is 1.97. The van der Waals surface area contributed by atoms with Crippen molar-refractivity contribution in [3.8, 4) is 5.75 Å². The van der Waals surface area contributed by atoms with E-state index in [1.54, 1.807) is 0 Å². The molecule has 0 bridgehead atoms. The molecule has 0 saturated carbocycles. The van der Waals surface area contributed by atoms with Crippen LogP contribution in [0.4, 0.5) is 5.82 Å². The summed E-state index contributed by atoms with van der Waals surface area (Å²) in [6.45, 7) is 5.25. The Labute approximate surface area is 106 Å². The van der Waals surface area contributed by atoms with Crippen molar-refractivity contribution in [1.82, 2.24) is 14.9 Å². The molecular weight excluding hydrogens is 232 g/mol. The molecule has 0 aliphatic carbocycles. The summed E-state index contributed by atoms with van der Waals surface area (Å²) in [5.41, 5.74) is -0.260. The summed E-state index contributed by atoms with van der Waals surface area (Å²) < 4.78 is 5.05. The first-order chi connectivity index (χ1) is 8.72. The van der Waals surface area contributed by atoms with Gasteiger partial charge in [0, 0.05) is 12.6 Å². The van der Waals surface area contributed by atoms with E-state index < -0.39 is 0 Å². The van der Waals surface area contributed by atoms with Gasteiger partial charge >= 0.3 is 0 Å². The molecule has 2 N–H and O–H groups in total. The molecule has 0 amide bonds. The zero-order valence-electron chi connectivity index (χ0n) is 10.9. The molecule has 1 aromatic rings. The number of hydrogen-bond donors (Lipinski definition) is 2. The van der Waals surface area contributed by atoms with Crippen LogP contribution in [0.3, 0.4) is 0 Å². The second-order valence-corrected chi connectivity index (χ2v) is 4.59. The Morgan fingerprint density at radius 2 is 2.28 bits per heavy atom. The van der Waals surface area contributed by atoms with Gasteiger partial charge < -0.3 is 15.0 Å². The van der Waals surface area contributed by atoms with Gasteiger partial charge in [-0.2, -0.15) is 0 Å². The van der Waals surface area contributed by atoms with Crippen molar-refractivity contribution >= 4 is 5.82 Å². The number of ether oxygens (including phenoxy) is 1. The second-order valence-electron chi connectivity index (χ2n) is 4.59. The van der Waals surface area contributed by atoms with Gasteiger partial charge in [-0.05, 0) is 32.9 Å². The third-order valence-corrected chi connectivity index (χ3v) is 3.34. The van der Waals surface area contributed by atoms with Crippen LogP contribution in [0, 0.1) is 0 Å². The summed E-state index contributed by atoms with van der Waals surface area (Å²) in [5.74, 6) is 0.749. The maximum Gasteiger partial charge on any atom is 0.295 e. The lowest BCUT2D eigenvalue weighted by Crippen LogP contribution is -2.36. The zero-order valence-corrected chi connectivity index (χ0v) is 10.9. The number of anilines is 1. The van der Waals surface area contributed by atoms with E-state index in [2.05, 4.69) is 27.1 Å². The van der Waals surface area contributed by atoms with Crippen molar-refractivity contribution in [3.63, 3.8) is 0 Å². The Kier molecular flexibility index (Phi) is 4.19. The van der Waals surface area contributed by atoms with Gasteiger partial charge in [-0.3, -0.25) is 9.69 Å². The molecule has 1 aromatic heterocycles. The fourth-order valence-corrected chi connectivity index (χ4v) is 2.26. The fourth-order valence-electron chi connectivity index (χ4n) is 2.26. The van der Waals surface area contributed by atoms with Crippen molar-refractivity contribution in [3.05, 3.63) is 16.7 Å². The average molecular weight is 252 g/mol. The molecule has 0 radical (unpaired) electrons. The lowest BCUT2D eigenvalue weighted by Gasteiger charge is -2.24. The highest BCUT2D eigenvalue weighted by atomic mass is 16.5. The minimum atomic E-state index is -0.260. The zero-order chi connectivity index (χ0) is 13.0. The lowest BCUT2D eigenvalue weighted by molar-refractivity contribution is 0.269. The summed E-state index contributed by atoms with van der Waals surface area (Å²) in [4.78, 5) is 20.5. The monoisotopic (exact) mass is 252 g/mol. The molecule has 100 valence electrons. The SMILES string of the molecule is COc1c(NCC(C)N2CCCC2)nc[nH]c1=O. The van der Waals surface area contributed by atoms with Gasteiger partial charge in [-0.1, -0.05) is 0 Å². The number of likely N-dealkylation sites (tertiary alicyclic amines) is 1. The van der Waals surface area contributed by atoms with E-state index in [1.807, 2.05) is 0 Å². The molecule has 6 nitrogen and oxygen atoms in total. The average Bonchev–Trinajstić information content (AvgIpc) is 2.90. The maximum atomic E-state index is 11.5. The number of rotatable bonds is 5. The van der Waals surface area contributed by atoms with Gasteiger partial charge in [0.05, 0.1) is 13.4 Å². The van der Waals surface area contributed by atoms with E-state index >= 15 is 0 Å². The first-order valence-corrected chi connectivity index (χ1v) is 6.32. The molecule has 1 aliphatic rings. The van der Waals surface area contributed by atoms with Gasteiger partial charge in [-0.15, -0.1) is 0 Å². The second kappa shape index (κ2) is 5.86. The van der Waals surface area contributed by atoms with E-state index in [-0.39, 0.29) is 11.3 Å². The van der Waals surface area contributed by atoms with Crippen molar-refractivity contribution in [2.45, 2.75) is 25.8 Å². The van der Waals surface area contributed by atoms with E-state index in [4.69, 9.17) is 4.74 Å². The number of nitrogens with one attached hydrogen (secondary N) is 2. The predicted octanol–water partition coefficient (Wildman–Crippen LogP) is 0.675. The highest BCUT2D eigenvalue weighted by molar-refractivity contribution is 5.47. The third kappa shape index (κ3) is 2.81. The highest BCUT2D eigenvalue weighted by Crippen LogP contribution is 2.16. The van der Waals surface area contributed by atoms with Gasteiger partial charge in [0.2, 0.25) is 5.75 Å². The van der Waals surface area contributed by atoms with E-state index in [9.17, 15) is 4.79 Å². The standard InChI is InChI=1S/C12H20N4O2/c1-9(16-5-3-4-6-16)7-13-11-10(18-2)12(17)15-8-14-11/h8-9H,3-7H2,1-2H3,(H2,13,14,15,17). The number of nitrogens with zero attached hydrogens (tertiary/aromatic N) is 2. The summed E-state index contributed by atoms with van der Waals surface area (Å²) in [6, 6.07) is 0.429. The minimum Gasteiger partial charge on any atom is -0.489 e. The first kappa shape index (κ1) is 12.9. The number of hydrogen-bond acceptors (Lipinski definition) is 5. The van der Waals surface area contributed by atoms with Crippen LogP contribution >= 0.6 is 0 Å². The van der Waals surface area contributed by atoms with Crippen molar-refractivity contribution < 1.29 is 4.74 Å². The number of aromatic amines is 1. The van der Waals surface area contributed by atoms with E-state index in [1.165, 1.54) is 26.3 Å². The lowest BCUT2D eigenvalue weighted by atomic mass is 10.3. The molecule has 1 saturated heterocycles. The predicted molar refractivity (Wildman–Crippen MR) is 70.2 cm³/mol. The van der Waals surface area contributed by atoms with Gasteiger partial charge in [-0.25, -0.2) is 4.98 Å². The van der Waals surface area contributed by atoms with Gasteiger partial charge in [0.1, 0.15) is 0 Å². The Bertz CT molecular complexity index is 440. The Hall–Kier alpha value is -1.56. The number of methoxy groups -OCH3 is 1. The fraction of sp³-hybridized carbons (Fsp3) is 0.667. The van der Waals surface area contributed by atoms with E-state index in [0.717, 1.165) is 19.6 Å². The molecule has 1 atom stereocenters. The van der Waals surface area contributed by atoms with Crippen LogP contribution in [0.5, 0.6) is 5.75 Å². The molecule has 18 heavy (non-hydrogen) atoms. The molecule has 1 fully saturated rings. The smallest absolute Gasteiger partial charge is 0.295 e. The summed E-state index contributed by atoms with van der Waals surface area (Å²) in [7, 11) is 1.47. The quantitative estimate of drug-likeness (QED) is 0.806. The molecule has 6 heteroatoms. The number of aromatic nitrogens is 2. The molecule has 1 unspecified atom stereocenters. The van der Waals surface area contributed by atoms with Gasteiger partial charge in [0.25, 0.3) is 5.56 Å². The molecule has 2 rings (SSSR count). The molecule has 0 aromatic carbocycles.